The first-order valence-electron chi connectivity index (χ1n) is 9.74. The maximum Gasteiger partial charge on any atom is 0.135 e. The Bertz CT molecular complexity index is 1140. The van der Waals surface area contributed by atoms with E-state index in [9.17, 15) is 0 Å². The van der Waals surface area contributed by atoms with Crippen molar-refractivity contribution in [2.24, 2.45) is 0 Å². The molecular formula is C25H21N5. The molecule has 0 spiro atoms. The Hall–Kier alpha value is -4.04. The number of benzene rings is 1. The number of pyridine rings is 3. The Morgan fingerprint density at radius 3 is 2.27 bits per heavy atom. The molecule has 4 rings (SSSR count). The van der Waals surface area contributed by atoms with Gasteiger partial charge in [-0.2, -0.15) is 5.26 Å². The van der Waals surface area contributed by atoms with Gasteiger partial charge in [0.2, 0.25) is 0 Å². The smallest absolute Gasteiger partial charge is 0.135 e. The van der Waals surface area contributed by atoms with Gasteiger partial charge in [0.05, 0.1) is 23.5 Å². The third-order valence-corrected chi connectivity index (χ3v) is 5.17. The lowest BCUT2D eigenvalue weighted by atomic mass is 9.86. The fraction of sp³-hybridized carbons (Fsp3) is 0.120. The predicted molar refractivity (Wildman–Crippen MR) is 117 cm³/mol. The van der Waals surface area contributed by atoms with E-state index in [0.29, 0.717) is 5.56 Å². The molecule has 0 aliphatic rings. The van der Waals surface area contributed by atoms with Crippen LogP contribution in [0.5, 0.6) is 0 Å². The first kappa shape index (κ1) is 19.3. The Balaban J connectivity index is 1.73. The van der Waals surface area contributed by atoms with Crippen molar-refractivity contribution < 1.29 is 0 Å². The Kier molecular flexibility index (Phi) is 5.77. The second kappa shape index (κ2) is 8.97. The first-order chi connectivity index (χ1) is 14.8. The molecule has 3 heterocycles. The number of hydrogen-bond donors (Lipinski definition) is 0. The summed E-state index contributed by atoms with van der Waals surface area (Å²) in [5.74, 6) is 0.990. The van der Waals surface area contributed by atoms with Crippen LogP contribution in [0.1, 0.15) is 28.2 Å². The average Bonchev–Trinajstić information content (AvgIpc) is 2.83. The SMILES string of the molecule is CN(c1cccnc1)c1ncccc1CC(c1ccc(C#N)cc1)c1cccnc1. The molecule has 0 bridgehead atoms. The van der Waals surface area contributed by atoms with E-state index in [1.807, 2.05) is 74.2 Å². The number of rotatable bonds is 6. The van der Waals surface area contributed by atoms with Crippen LogP contribution in [0.2, 0.25) is 0 Å². The van der Waals surface area contributed by atoms with E-state index in [4.69, 9.17) is 5.26 Å². The number of hydrogen-bond acceptors (Lipinski definition) is 5. The third-order valence-electron chi connectivity index (χ3n) is 5.17. The molecule has 4 aromatic rings. The maximum absolute atomic E-state index is 9.15. The Labute approximate surface area is 176 Å². The van der Waals surface area contributed by atoms with Crippen LogP contribution in [0.4, 0.5) is 11.5 Å². The number of anilines is 2. The van der Waals surface area contributed by atoms with Gasteiger partial charge in [0.25, 0.3) is 0 Å². The van der Waals surface area contributed by atoms with Gasteiger partial charge in [0.15, 0.2) is 0 Å². The van der Waals surface area contributed by atoms with Crippen molar-refractivity contribution in [3.05, 3.63) is 114 Å². The largest absolute Gasteiger partial charge is 0.328 e. The molecule has 0 amide bonds. The Morgan fingerprint density at radius 2 is 1.60 bits per heavy atom. The highest BCUT2D eigenvalue weighted by Crippen LogP contribution is 2.32. The molecule has 146 valence electrons. The average molecular weight is 391 g/mol. The molecule has 0 radical (unpaired) electrons. The van der Waals surface area contributed by atoms with E-state index in [1.54, 1.807) is 12.4 Å². The minimum absolute atomic E-state index is 0.0942. The maximum atomic E-state index is 9.15. The first-order valence-corrected chi connectivity index (χ1v) is 9.74. The highest BCUT2D eigenvalue weighted by molar-refractivity contribution is 5.61. The summed E-state index contributed by atoms with van der Waals surface area (Å²) in [7, 11) is 2.00. The number of aromatic nitrogens is 3. The molecule has 0 aliphatic heterocycles. The highest BCUT2D eigenvalue weighted by Gasteiger charge is 2.19. The zero-order valence-corrected chi connectivity index (χ0v) is 16.7. The van der Waals surface area contributed by atoms with Crippen molar-refractivity contribution in [3.63, 3.8) is 0 Å². The van der Waals surface area contributed by atoms with Crippen LogP contribution in [0.15, 0.2) is 91.6 Å². The van der Waals surface area contributed by atoms with E-state index < -0.39 is 0 Å². The molecular weight excluding hydrogens is 370 g/mol. The standard InChI is InChI=1S/C25H21N5/c1-30(23-7-4-13-28-18-23)25-21(5-3-14-29-25)15-24(22-6-2-12-27-17-22)20-10-8-19(16-26)9-11-20/h2-14,17-18,24H,15H2,1H3. The lowest BCUT2D eigenvalue weighted by molar-refractivity contribution is 0.794. The molecule has 0 N–H and O–H groups in total. The monoisotopic (exact) mass is 391 g/mol. The molecule has 1 atom stereocenters. The van der Waals surface area contributed by atoms with Gasteiger partial charge in [-0.1, -0.05) is 24.3 Å². The fourth-order valence-electron chi connectivity index (χ4n) is 3.59. The minimum atomic E-state index is 0.0942. The van der Waals surface area contributed by atoms with E-state index in [0.717, 1.165) is 34.6 Å². The van der Waals surface area contributed by atoms with Crippen LogP contribution >= 0.6 is 0 Å². The van der Waals surface area contributed by atoms with E-state index >= 15 is 0 Å². The van der Waals surface area contributed by atoms with Gasteiger partial charge < -0.3 is 4.90 Å². The normalized spacial score (nSPS) is 11.5. The number of nitrogens with zero attached hydrogens (tertiary/aromatic N) is 5. The molecule has 5 heteroatoms. The molecule has 0 fully saturated rings. The van der Waals surface area contributed by atoms with Gasteiger partial charge >= 0.3 is 0 Å². The van der Waals surface area contributed by atoms with Crippen molar-refractivity contribution >= 4 is 11.5 Å². The summed E-state index contributed by atoms with van der Waals surface area (Å²) < 4.78 is 0. The van der Waals surface area contributed by atoms with Crippen LogP contribution in [-0.2, 0) is 6.42 Å². The molecule has 5 nitrogen and oxygen atoms in total. The lowest BCUT2D eigenvalue weighted by Crippen LogP contribution is -2.15. The second-order valence-corrected chi connectivity index (χ2v) is 7.03. The summed E-state index contributed by atoms with van der Waals surface area (Å²) in [6.07, 6.45) is 9.85. The lowest BCUT2D eigenvalue weighted by Gasteiger charge is -2.24. The van der Waals surface area contributed by atoms with Gasteiger partial charge in [0, 0.05) is 37.8 Å². The minimum Gasteiger partial charge on any atom is -0.328 e. The van der Waals surface area contributed by atoms with Crippen LogP contribution in [-0.4, -0.2) is 22.0 Å². The zero-order valence-electron chi connectivity index (χ0n) is 16.7. The molecule has 0 aliphatic carbocycles. The Morgan fingerprint density at radius 1 is 0.867 bits per heavy atom. The van der Waals surface area contributed by atoms with Crippen molar-refractivity contribution in [3.8, 4) is 6.07 Å². The van der Waals surface area contributed by atoms with Crippen molar-refractivity contribution in [2.75, 3.05) is 11.9 Å². The summed E-state index contributed by atoms with van der Waals surface area (Å²) in [6, 6.07) is 22.0. The van der Waals surface area contributed by atoms with Crippen molar-refractivity contribution in [1.82, 2.24) is 15.0 Å². The van der Waals surface area contributed by atoms with Crippen LogP contribution in [0, 0.1) is 11.3 Å². The van der Waals surface area contributed by atoms with Crippen molar-refractivity contribution in [2.45, 2.75) is 12.3 Å². The van der Waals surface area contributed by atoms with Gasteiger partial charge in [0.1, 0.15) is 5.82 Å². The number of nitriles is 1. The van der Waals surface area contributed by atoms with Crippen LogP contribution < -0.4 is 4.90 Å². The fourth-order valence-corrected chi connectivity index (χ4v) is 3.59. The third kappa shape index (κ3) is 4.18. The quantitative estimate of drug-likeness (QED) is 0.468. The highest BCUT2D eigenvalue weighted by atomic mass is 15.2. The summed E-state index contributed by atoms with van der Waals surface area (Å²) >= 11 is 0. The molecule has 30 heavy (non-hydrogen) atoms. The van der Waals surface area contributed by atoms with Crippen LogP contribution in [0.3, 0.4) is 0 Å². The van der Waals surface area contributed by atoms with Gasteiger partial charge in [-0.15, -0.1) is 0 Å². The molecule has 0 saturated carbocycles. The summed E-state index contributed by atoms with van der Waals surface area (Å²) in [5.41, 5.74) is 5.03. The molecule has 1 aromatic carbocycles. The van der Waals surface area contributed by atoms with E-state index in [-0.39, 0.29) is 5.92 Å². The van der Waals surface area contributed by atoms with Crippen molar-refractivity contribution in [1.29, 1.82) is 5.26 Å². The predicted octanol–water partition coefficient (Wildman–Crippen LogP) is 4.89. The van der Waals surface area contributed by atoms with E-state index in [2.05, 4.69) is 38.1 Å². The zero-order chi connectivity index (χ0) is 20.8. The molecule has 0 saturated heterocycles. The van der Waals surface area contributed by atoms with Gasteiger partial charge in [-0.3, -0.25) is 9.97 Å². The van der Waals surface area contributed by atoms with Gasteiger partial charge in [-0.05, 0) is 59.5 Å². The topological polar surface area (TPSA) is 65.7 Å². The van der Waals surface area contributed by atoms with Gasteiger partial charge in [-0.25, -0.2) is 4.98 Å². The van der Waals surface area contributed by atoms with E-state index in [1.165, 1.54) is 0 Å². The molecule has 3 aromatic heterocycles. The summed E-state index contributed by atoms with van der Waals surface area (Å²) in [4.78, 5) is 15.3. The second-order valence-electron chi connectivity index (χ2n) is 7.03. The summed E-state index contributed by atoms with van der Waals surface area (Å²) in [6.45, 7) is 0. The summed E-state index contributed by atoms with van der Waals surface area (Å²) in [5, 5.41) is 9.15. The molecule has 1 unspecified atom stereocenters. The van der Waals surface area contributed by atoms with Crippen LogP contribution in [0.25, 0.3) is 0 Å².